The normalized spacial score (nSPS) is 25.7. The van der Waals surface area contributed by atoms with Gasteiger partial charge in [-0.2, -0.15) is 4.98 Å². The van der Waals surface area contributed by atoms with E-state index in [1.165, 1.54) is 16.4 Å². The SMILES string of the molecule is CNC1(C(N)=O)CCCC(Sc2nc(=O)c(=O)[nH]n2C)C1. The predicted molar refractivity (Wildman–Crippen MR) is 79.2 cm³/mol. The zero-order chi connectivity index (χ0) is 15.6. The number of rotatable bonds is 4. The Labute approximate surface area is 125 Å². The van der Waals surface area contributed by atoms with Crippen molar-refractivity contribution in [2.75, 3.05) is 7.05 Å². The van der Waals surface area contributed by atoms with E-state index < -0.39 is 16.7 Å². The summed E-state index contributed by atoms with van der Waals surface area (Å²) in [4.78, 5) is 38.0. The Kier molecular flexibility index (Phi) is 4.52. The number of nitrogens with one attached hydrogen (secondary N) is 2. The van der Waals surface area contributed by atoms with Crippen molar-refractivity contribution in [3.63, 3.8) is 0 Å². The summed E-state index contributed by atoms with van der Waals surface area (Å²) < 4.78 is 1.42. The second-order valence-corrected chi connectivity index (χ2v) is 6.50. The van der Waals surface area contributed by atoms with Crippen LogP contribution in [0.1, 0.15) is 25.7 Å². The zero-order valence-corrected chi connectivity index (χ0v) is 12.8. The predicted octanol–water partition coefficient (Wildman–Crippen LogP) is -1.05. The third kappa shape index (κ3) is 3.18. The van der Waals surface area contributed by atoms with E-state index in [1.807, 2.05) is 0 Å². The van der Waals surface area contributed by atoms with Crippen molar-refractivity contribution in [2.24, 2.45) is 12.8 Å². The molecule has 0 aliphatic heterocycles. The fourth-order valence-corrected chi connectivity index (χ4v) is 3.90. The Bertz CT molecular complexity index is 655. The summed E-state index contributed by atoms with van der Waals surface area (Å²) in [6.07, 6.45) is 3.03. The molecule has 0 spiro atoms. The molecular formula is C12H19N5O3S. The number of aromatic nitrogens is 3. The van der Waals surface area contributed by atoms with Gasteiger partial charge in [-0.3, -0.25) is 24.2 Å². The molecule has 2 rings (SSSR count). The maximum Gasteiger partial charge on any atom is 0.339 e. The van der Waals surface area contributed by atoms with E-state index in [0.717, 1.165) is 12.8 Å². The van der Waals surface area contributed by atoms with Gasteiger partial charge in [0.05, 0.1) is 5.54 Å². The number of hydrogen-bond acceptors (Lipinski definition) is 6. The van der Waals surface area contributed by atoms with Crippen molar-refractivity contribution in [3.8, 4) is 0 Å². The molecule has 1 aliphatic rings. The molecule has 8 nitrogen and oxygen atoms in total. The van der Waals surface area contributed by atoms with E-state index in [1.54, 1.807) is 14.1 Å². The van der Waals surface area contributed by atoms with Gasteiger partial charge in [0.2, 0.25) is 5.91 Å². The number of carbonyl (C=O) groups excluding carboxylic acids is 1. The molecule has 116 valence electrons. The van der Waals surface area contributed by atoms with E-state index in [9.17, 15) is 14.4 Å². The average molecular weight is 313 g/mol. The second kappa shape index (κ2) is 6.02. The van der Waals surface area contributed by atoms with Gasteiger partial charge in [-0.1, -0.05) is 11.8 Å². The van der Waals surface area contributed by atoms with Crippen LogP contribution in [0.2, 0.25) is 0 Å². The first-order chi connectivity index (χ1) is 9.88. The third-order valence-electron chi connectivity index (χ3n) is 3.88. The van der Waals surface area contributed by atoms with Gasteiger partial charge in [0.25, 0.3) is 0 Å². The lowest BCUT2D eigenvalue weighted by Gasteiger charge is -2.37. The number of amides is 1. The minimum absolute atomic E-state index is 0.0997. The van der Waals surface area contributed by atoms with Crippen LogP contribution in [0.5, 0.6) is 0 Å². The van der Waals surface area contributed by atoms with Crippen LogP contribution in [-0.2, 0) is 11.8 Å². The smallest absolute Gasteiger partial charge is 0.339 e. The van der Waals surface area contributed by atoms with Crippen LogP contribution in [0.25, 0.3) is 0 Å². The van der Waals surface area contributed by atoms with E-state index in [4.69, 9.17) is 5.73 Å². The number of nitrogens with two attached hydrogens (primary N) is 1. The van der Waals surface area contributed by atoms with Crippen molar-refractivity contribution < 1.29 is 4.79 Å². The van der Waals surface area contributed by atoms with Gasteiger partial charge in [-0.25, -0.2) is 0 Å². The van der Waals surface area contributed by atoms with Gasteiger partial charge in [0.15, 0.2) is 5.16 Å². The van der Waals surface area contributed by atoms with Gasteiger partial charge in [-0.15, -0.1) is 0 Å². The second-order valence-electron chi connectivity index (χ2n) is 5.23. The summed E-state index contributed by atoms with van der Waals surface area (Å²) in [5.41, 5.74) is 3.25. The number of likely N-dealkylation sites (N-methyl/N-ethyl adjacent to an activating group) is 1. The Balaban J connectivity index is 2.20. The molecule has 1 aromatic rings. The molecule has 0 bridgehead atoms. The monoisotopic (exact) mass is 313 g/mol. The van der Waals surface area contributed by atoms with Gasteiger partial charge < -0.3 is 11.1 Å². The molecule has 4 N–H and O–H groups in total. The fourth-order valence-electron chi connectivity index (χ4n) is 2.61. The Hall–Kier alpha value is -1.61. The standard InChI is InChI=1S/C12H19N5O3S/c1-14-12(10(13)20)5-3-4-7(6-12)21-11-15-8(18)9(19)16-17(11)2/h7,14H,3-6H2,1-2H3,(H2,13,20)(H,16,19). The molecule has 1 saturated carbocycles. The fraction of sp³-hybridized carbons (Fsp3) is 0.667. The van der Waals surface area contributed by atoms with E-state index in [-0.39, 0.29) is 11.2 Å². The van der Waals surface area contributed by atoms with E-state index in [2.05, 4.69) is 15.4 Å². The van der Waals surface area contributed by atoms with Crippen molar-refractivity contribution >= 4 is 17.7 Å². The molecule has 0 saturated heterocycles. The van der Waals surface area contributed by atoms with Crippen LogP contribution in [-0.4, -0.2) is 38.5 Å². The summed E-state index contributed by atoms with van der Waals surface area (Å²) in [6, 6.07) is 0. The Morgan fingerprint density at radius 1 is 1.57 bits per heavy atom. The van der Waals surface area contributed by atoms with Crippen LogP contribution in [0.4, 0.5) is 0 Å². The highest BCUT2D eigenvalue weighted by Crippen LogP contribution is 2.36. The lowest BCUT2D eigenvalue weighted by Crippen LogP contribution is -2.57. The average Bonchev–Trinajstić information content (AvgIpc) is 2.44. The highest BCUT2D eigenvalue weighted by atomic mass is 32.2. The molecule has 9 heteroatoms. The number of aromatic amines is 1. The molecule has 2 atom stereocenters. The first-order valence-corrected chi connectivity index (χ1v) is 7.59. The molecule has 1 aliphatic carbocycles. The number of aryl methyl sites for hydroxylation is 1. The molecule has 1 heterocycles. The van der Waals surface area contributed by atoms with Gasteiger partial charge in [0, 0.05) is 12.3 Å². The summed E-state index contributed by atoms with van der Waals surface area (Å²) in [5.74, 6) is -0.362. The number of primary amides is 1. The largest absolute Gasteiger partial charge is 0.368 e. The molecule has 1 aromatic heterocycles. The number of carbonyl (C=O) groups is 1. The summed E-state index contributed by atoms with van der Waals surface area (Å²) in [6.45, 7) is 0. The van der Waals surface area contributed by atoms with Crippen molar-refractivity contribution in [1.82, 2.24) is 20.1 Å². The van der Waals surface area contributed by atoms with Gasteiger partial charge in [-0.05, 0) is 32.7 Å². The minimum atomic E-state index is -0.804. The third-order valence-corrected chi connectivity index (χ3v) is 5.19. The Morgan fingerprint density at radius 3 is 2.90 bits per heavy atom. The van der Waals surface area contributed by atoms with Crippen molar-refractivity contribution in [3.05, 3.63) is 20.7 Å². The van der Waals surface area contributed by atoms with Crippen LogP contribution in [0.15, 0.2) is 14.7 Å². The number of nitrogens with zero attached hydrogens (tertiary/aromatic N) is 2. The highest BCUT2D eigenvalue weighted by molar-refractivity contribution is 7.99. The number of H-pyrrole nitrogens is 1. The van der Waals surface area contributed by atoms with Crippen LogP contribution < -0.4 is 22.2 Å². The molecule has 2 unspecified atom stereocenters. The van der Waals surface area contributed by atoms with Gasteiger partial charge in [0.1, 0.15) is 0 Å². The lowest BCUT2D eigenvalue weighted by atomic mass is 9.81. The molecular weight excluding hydrogens is 294 g/mol. The van der Waals surface area contributed by atoms with Crippen LogP contribution >= 0.6 is 11.8 Å². The summed E-state index contributed by atoms with van der Waals surface area (Å²) >= 11 is 1.38. The molecule has 0 aromatic carbocycles. The molecule has 1 fully saturated rings. The maximum absolute atomic E-state index is 11.7. The van der Waals surface area contributed by atoms with Crippen molar-refractivity contribution in [2.45, 2.75) is 41.6 Å². The lowest BCUT2D eigenvalue weighted by molar-refractivity contribution is -0.125. The summed E-state index contributed by atoms with van der Waals surface area (Å²) in [5, 5.41) is 5.98. The quantitative estimate of drug-likeness (QED) is 0.609. The first-order valence-electron chi connectivity index (χ1n) is 6.71. The summed E-state index contributed by atoms with van der Waals surface area (Å²) in [7, 11) is 3.35. The van der Waals surface area contributed by atoms with Gasteiger partial charge >= 0.3 is 11.1 Å². The molecule has 1 amide bonds. The van der Waals surface area contributed by atoms with E-state index in [0.29, 0.717) is 18.0 Å². The number of hydrogen-bond donors (Lipinski definition) is 3. The molecule has 21 heavy (non-hydrogen) atoms. The molecule has 0 radical (unpaired) electrons. The van der Waals surface area contributed by atoms with Crippen LogP contribution in [0, 0.1) is 0 Å². The maximum atomic E-state index is 11.7. The first kappa shape index (κ1) is 15.8. The van der Waals surface area contributed by atoms with Crippen molar-refractivity contribution in [1.29, 1.82) is 0 Å². The Morgan fingerprint density at radius 2 is 2.29 bits per heavy atom. The topological polar surface area (TPSA) is 123 Å². The minimum Gasteiger partial charge on any atom is -0.368 e. The zero-order valence-electron chi connectivity index (χ0n) is 12.0. The highest BCUT2D eigenvalue weighted by Gasteiger charge is 2.40. The van der Waals surface area contributed by atoms with E-state index >= 15 is 0 Å². The number of thioether (sulfide) groups is 1. The van der Waals surface area contributed by atoms with Crippen LogP contribution in [0.3, 0.4) is 0 Å².